The van der Waals surface area contributed by atoms with Crippen LogP contribution in [0.2, 0.25) is 0 Å². The quantitative estimate of drug-likeness (QED) is 0.379. The molecule has 0 radical (unpaired) electrons. The highest BCUT2D eigenvalue weighted by Crippen LogP contribution is 2.19. The van der Waals surface area contributed by atoms with E-state index in [9.17, 15) is 5.11 Å². The van der Waals surface area contributed by atoms with Crippen LogP contribution < -0.4 is 15.4 Å². The van der Waals surface area contributed by atoms with E-state index < -0.39 is 5.60 Å². The van der Waals surface area contributed by atoms with Crippen molar-refractivity contribution in [1.29, 1.82) is 0 Å². The van der Waals surface area contributed by atoms with E-state index in [0.29, 0.717) is 19.1 Å². The summed E-state index contributed by atoms with van der Waals surface area (Å²) in [4.78, 5) is 4.48. The first-order valence-corrected chi connectivity index (χ1v) is 8.84. The number of ether oxygens (including phenoxy) is 1. The average Bonchev–Trinajstić information content (AvgIpc) is 3.04. The smallest absolute Gasteiger partial charge is 0.191 e. The van der Waals surface area contributed by atoms with Crippen molar-refractivity contribution in [3.63, 3.8) is 0 Å². The summed E-state index contributed by atoms with van der Waals surface area (Å²) in [5, 5.41) is 21.1. The molecule has 2 aromatic rings. The van der Waals surface area contributed by atoms with E-state index >= 15 is 0 Å². The number of rotatable bonds is 8. The highest BCUT2D eigenvalue weighted by molar-refractivity contribution is 5.79. The molecule has 0 aliphatic carbocycles. The molecule has 0 saturated heterocycles. The predicted molar refractivity (Wildman–Crippen MR) is 103 cm³/mol. The second kappa shape index (κ2) is 9.24. The van der Waals surface area contributed by atoms with Crippen molar-refractivity contribution in [3.05, 3.63) is 47.8 Å². The van der Waals surface area contributed by atoms with Gasteiger partial charge in [0.2, 0.25) is 0 Å². The fourth-order valence-corrected chi connectivity index (χ4v) is 2.41. The molecule has 1 unspecified atom stereocenters. The molecule has 0 fully saturated rings. The summed E-state index contributed by atoms with van der Waals surface area (Å²) in [7, 11) is 1.82. The zero-order valence-electron chi connectivity index (χ0n) is 16.0. The summed E-state index contributed by atoms with van der Waals surface area (Å²) in [6.07, 6.45) is 3.46. The molecule has 0 bridgehead atoms. The molecule has 26 heavy (non-hydrogen) atoms. The largest absolute Gasteiger partial charge is 0.492 e. The van der Waals surface area contributed by atoms with Crippen LogP contribution in [0.3, 0.4) is 0 Å². The Morgan fingerprint density at radius 2 is 2.19 bits per heavy atom. The highest BCUT2D eigenvalue weighted by atomic mass is 16.5. The fraction of sp³-hybridized carbons (Fsp3) is 0.474. The standard InChI is InChI=1S/C19H29N5O2/c1-5-20-18(21-9-10-26-17-8-6-7-15(2)11-17)22-14-19(3,25)16-12-23-24(4)13-16/h6-8,11-13,25H,5,9-10,14H2,1-4H3,(H2,20,21,22). The van der Waals surface area contributed by atoms with E-state index in [-0.39, 0.29) is 6.54 Å². The number of guanidine groups is 1. The van der Waals surface area contributed by atoms with Gasteiger partial charge in [-0.3, -0.25) is 4.68 Å². The van der Waals surface area contributed by atoms with Gasteiger partial charge >= 0.3 is 0 Å². The Morgan fingerprint density at radius 3 is 2.85 bits per heavy atom. The third kappa shape index (κ3) is 6.07. The lowest BCUT2D eigenvalue weighted by Crippen LogP contribution is -2.40. The van der Waals surface area contributed by atoms with Crippen LogP contribution in [0.15, 0.2) is 41.7 Å². The Bertz CT molecular complexity index is 724. The van der Waals surface area contributed by atoms with E-state index in [2.05, 4.69) is 20.7 Å². The molecule has 0 aliphatic rings. The molecule has 1 heterocycles. The van der Waals surface area contributed by atoms with Crippen molar-refractivity contribution in [2.45, 2.75) is 26.4 Å². The maximum absolute atomic E-state index is 10.6. The third-order valence-electron chi connectivity index (χ3n) is 3.87. The SMILES string of the molecule is CCNC(=NCC(C)(O)c1cnn(C)c1)NCCOc1cccc(C)c1. The first-order chi connectivity index (χ1) is 12.4. The second-order valence-corrected chi connectivity index (χ2v) is 6.46. The lowest BCUT2D eigenvalue weighted by Gasteiger charge is -2.20. The van der Waals surface area contributed by atoms with Gasteiger partial charge in [-0.25, -0.2) is 4.99 Å². The maximum Gasteiger partial charge on any atom is 0.191 e. The number of benzene rings is 1. The van der Waals surface area contributed by atoms with Crippen LogP contribution in [-0.2, 0) is 12.6 Å². The van der Waals surface area contributed by atoms with Crippen molar-refractivity contribution in [1.82, 2.24) is 20.4 Å². The third-order valence-corrected chi connectivity index (χ3v) is 3.87. The summed E-state index contributed by atoms with van der Waals surface area (Å²) < 4.78 is 7.39. The summed E-state index contributed by atoms with van der Waals surface area (Å²) in [5.41, 5.74) is 0.833. The van der Waals surface area contributed by atoms with Crippen molar-refractivity contribution >= 4 is 5.96 Å². The van der Waals surface area contributed by atoms with E-state index in [0.717, 1.165) is 17.9 Å². The van der Waals surface area contributed by atoms with Gasteiger partial charge in [-0.05, 0) is 38.5 Å². The normalized spacial score (nSPS) is 14.0. The molecular formula is C19H29N5O2. The van der Waals surface area contributed by atoms with Crippen LogP contribution in [-0.4, -0.2) is 47.1 Å². The van der Waals surface area contributed by atoms with Crippen LogP contribution in [0, 0.1) is 6.92 Å². The van der Waals surface area contributed by atoms with Gasteiger partial charge in [-0.2, -0.15) is 5.10 Å². The van der Waals surface area contributed by atoms with Gasteiger partial charge in [0.15, 0.2) is 5.96 Å². The summed E-state index contributed by atoms with van der Waals surface area (Å²) in [5.74, 6) is 1.50. The van der Waals surface area contributed by atoms with Crippen molar-refractivity contribution in [2.75, 3.05) is 26.2 Å². The second-order valence-electron chi connectivity index (χ2n) is 6.46. The Labute approximate surface area is 155 Å². The van der Waals surface area contributed by atoms with Gasteiger partial charge in [0, 0.05) is 25.4 Å². The monoisotopic (exact) mass is 359 g/mol. The van der Waals surface area contributed by atoms with Crippen LogP contribution >= 0.6 is 0 Å². The minimum absolute atomic E-state index is 0.229. The lowest BCUT2D eigenvalue weighted by molar-refractivity contribution is 0.0672. The number of aromatic nitrogens is 2. The van der Waals surface area contributed by atoms with Gasteiger partial charge in [0.25, 0.3) is 0 Å². The van der Waals surface area contributed by atoms with Gasteiger partial charge in [0.1, 0.15) is 18.0 Å². The first kappa shape index (κ1) is 19.8. The lowest BCUT2D eigenvalue weighted by atomic mass is 10.0. The summed E-state index contributed by atoms with van der Waals surface area (Å²) in [6, 6.07) is 7.96. The van der Waals surface area contributed by atoms with Gasteiger partial charge in [-0.15, -0.1) is 0 Å². The van der Waals surface area contributed by atoms with Gasteiger partial charge in [0.05, 0.1) is 19.3 Å². The zero-order chi connectivity index (χ0) is 19.0. The summed E-state index contributed by atoms with van der Waals surface area (Å²) >= 11 is 0. The molecule has 0 aliphatic heterocycles. The molecule has 0 saturated carbocycles. The van der Waals surface area contributed by atoms with Gasteiger partial charge < -0.3 is 20.5 Å². The van der Waals surface area contributed by atoms with Gasteiger partial charge in [-0.1, -0.05) is 12.1 Å². The predicted octanol–water partition coefficient (Wildman–Crippen LogP) is 1.57. The van der Waals surface area contributed by atoms with Crippen LogP contribution in [0.25, 0.3) is 0 Å². The molecule has 142 valence electrons. The number of aliphatic hydroxyl groups is 1. The molecule has 2 rings (SSSR count). The number of aliphatic imine (C=N–C) groups is 1. The molecule has 0 amide bonds. The average molecular weight is 359 g/mol. The molecular weight excluding hydrogens is 330 g/mol. The van der Waals surface area contributed by atoms with Crippen molar-refractivity contribution in [3.8, 4) is 5.75 Å². The topological polar surface area (TPSA) is 83.7 Å². The number of aryl methyl sites for hydroxylation is 2. The first-order valence-electron chi connectivity index (χ1n) is 8.84. The van der Waals surface area contributed by atoms with E-state index in [4.69, 9.17) is 4.74 Å². The minimum Gasteiger partial charge on any atom is -0.492 e. The van der Waals surface area contributed by atoms with Crippen LogP contribution in [0.4, 0.5) is 0 Å². The van der Waals surface area contributed by atoms with E-state index in [1.54, 1.807) is 24.0 Å². The molecule has 1 aromatic heterocycles. The summed E-state index contributed by atoms with van der Waals surface area (Å²) in [6.45, 7) is 7.86. The number of nitrogens with zero attached hydrogens (tertiary/aromatic N) is 3. The van der Waals surface area contributed by atoms with Crippen molar-refractivity contribution in [2.24, 2.45) is 12.0 Å². The van der Waals surface area contributed by atoms with Crippen molar-refractivity contribution < 1.29 is 9.84 Å². The molecule has 1 atom stereocenters. The Balaban J connectivity index is 1.86. The highest BCUT2D eigenvalue weighted by Gasteiger charge is 2.24. The van der Waals surface area contributed by atoms with Crippen LogP contribution in [0.5, 0.6) is 5.75 Å². The number of hydrogen-bond donors (Lipinski definition) is 3. The number of hydrogen-bond acceptors (Lipinski definition) is 4. The maximum atomic E-state index is 10.6. The van der Waals surface area contributed by atoms with E-state index in [1.165, 1.54) is 5.56 Å². The Kier molecular flexibility index (Phi) is 7.03. The molecule has 3 N–H and O–H groups in total. The van der Waals surface area contributed by atoms with Crippen LogP contribution in [0.1, 0.15) is 25.0 Å². The molecule has 7 nitrogen and oxygen atoms in total. The molecule has 1 aromatic carbocycles. The molecule has 0 spiro atoms. The Morgan fingerprint density at radius 1 is 1.38 bits per heavy atom. The Hall–Kier alpha value is -2.54. The number of nitrogens with one attached hydrogen (secondary N) is 2. The molecule has 7 heteroatoms. The zero-order valence-corrected chi connectivity index (χ0v) is 16.0. The minimum atomic E-state index is -1.07. The fourth-order valence-electron chi connectivity index (χ4n) is 2.41. The van der Waals surface area contributed by atoms with E-state index in [1.807, 2.05) is 45.2 Å².